The molecule has 5 aliphatic rings. The normalized spacial score (nSPS) is 22.0. The number of halogens is 8. The van der Waals surface area contributed by atoms with Crippen molar-refractivity contribution in [1.29, 1.82) is 0 Å². The third kappa shape index (κ3) is 8.38. The summed E-state index contributed by atoms with van der Waals surface area (Å²) in [7, 11) is 3.02. The Morgan fingerprint density at radius 2 is 1.85 bits per heavy atom. The summed E-state index contributed by atoms with van der Waals surface area (Å²) in [5.41, 5.74) is 10.5. The van der Waals surface area contributed by atoms with Gasteiger partial charge >= 0.3 is 12.2 Å². The van der Waals surface area contributed by atoms with Gasteiger partial charge in [-0.25, -0.2) is 4.39 Å². The number of hydrogen-bond donors (Lipinski definition) is 2. The van der Waals surface area contributed by atoms with E-state index in [0.29, 0.717) is 66.9 Å². The summed E-state index contributed by atoms with van der Waals surface area (Å²) in [5.74, 6) is -1.28. The van der Waals surface area contributed by atoms with Crippen LogP contribution in [0, 0.1) is 5.82 Å². The molecule has 0 bridgehead atoms. The first-order valence-electron chi connectivity index (χ1n) is 17.5. The van der Waals surface area contributed by atoms with Crippen molar-refractivity contribution < 1.29 is 40.6 Å². The average molecular weight is 806 g/mol. The van der Waals surface area contributed by atoms with E-state index in [4.69, 9.17) is 44.1 Å². The van der Waals surface area contributed by atoms with Crippen molar-refractivity contribution in [1.82, 2.24) is 19.8 Å². The number of nitrogens with zero attached hydrogens (tertiary/aromatic N) is 6. The molecule has 0 radical (unpaired) electrons. The molecule has 1 aliphatic carbocycles. The lowest BCUT2D eigenvalue weighted by molar-refractivity contribution is -0.140. The molecule has 19 heteroatoms. The predicted molar refractivity (Wildman–Crippen MR) is 191 cm³/mol. The Bertz CT molecular complexity index is 1870. The molecular weight excluding hydrogens is 765 g/mol. The van der Waals surface area contributed by atoms with Crippen molar-refractivity contribution >= 4 is 46.3 Å². The molecule has 2 saturated heterocycles. The van der Waals surface area contributed by atoms with E-state index in [1.54, 1.807) is 11.9 Å². The smallest absolute Gasteiger partial charge is 0.418 e. The molecule has 2 atom stereocenters. The van der Waals surface area contributed by atoms with E-state index in [0.717, 1.165) is 31.9 Å². The number of likely N-dealkylation sites (N-methyl/N-ethyl adjacent to an activating group) is 1. The highest BCUT2D eigenvalue weighted by Crippen LogP contribution is 2.46. The van der Waals surface area contributed by atoms with Crippen LogP contribution in [0.15, 0.2) is 33.4 Å². The summed E-state index contributed by atoms with van der Waals surface area (Å²) >= 11 is 12.5. The molecule has 54 heavy (non-hydrogen) atoms. The zero-order valence-corrected chi connectivity index (χ0v) is 31.1. The number of ether oxygens (including phenoxy) is 2. The van der Waals surface area contributed by atoms with Gasteiger partial charge in [0.1, 0.15) is 11.5 Å². The molecule has 7 rings (SSSR count). The molecule has 1 amide bonds. The molecular formula is C35H40Cl2F6N8O3. The second-order valence-corrected chi connectivity index (χ2v) is 14.6. The molecule has 0 spiro atoms. The molecule has 2 aromatic rings. The molecule has 1 saturated carbocycles. The first-order chi connectivity index (χ1) is 25.6. The van der Waals surface area contributed by atoms with Crippen molar-refractivity contribution in [3.63, 3.8) is 0 Å². The van der Waals surface area contributed by atoms with Crippen molar-refractivity contribution in [2.24, 2.45) is 10.7 Å². The summed E-state index contributed by atoms with van der Waals surface area (Å²) in [6, 6.07) is 1.25. The van der Waals surface area contributed by atoms with Gasteiger partial charge in [-0.1, -0.05) is 23.2 Å². The first-order valence-corrected chi connectivity index (χ1v) is 18.2. The lowest BCUT2D eigenvalue weighted by Gasteiger charge is -2.32. The van der Waals surface area contributed by atoms with Crippen LogP contribution in [0.4, 0.5) is 37.8 Å². The van der Waals surface area contributed by atoms with Crippen LogP contribution in [-0.4, -0.2) is 90.4 Å². The van der Waals surface area contributed by atoms with E-state index >= 15 is 4.39 Å². The standard InChI is InChI=1S/C27H29Cl2F4N7O3.C8H11F2N/c1-39(12-4-5-12)25(41)23(35)21(29)17-10-40(7-3-6-36-17)24-13-11-43-18(9-16(13)37-26(38-24)42-2)19-20(27(31,32)33)14(28)8-15(34)22(19)30;9-8(10)6-4-7-2-1-3-11(7)5-6/h8,12,18H,3-7,9-11,34-35H2,1-2H3;7H,1-5H2/b23-21+;. The first kappa shape index (κ1) is 39.9. The number of nitrogens with two attached hydrogens (primary N) is 2. The SMILES string of the molecule is COc1nc2c(c(N3CCCN=C(/C(Cl)=C(\N)C(=O)N(C)C4CC4)C3)n1)COC(c1c(F)c(N)cc(Cl)c1C(F)(F)F)C2.FC(F)=C1CC2CCCN2C1. The number of methoxy groups -OCH3 is 1. The molecule has 4 aliphatic heterocycles. The van der Waals surface area contributed by atoms with Crippen molar-refractivity contribution in [2.45, 2.75) is 75.9 Å². The maximum absolute atomic E-state index is 15.1. The lowest BCUT2D eigenvalue weighted by atomic mass is 9.93. The highest BCUT2D eigenvalue weighted by molar-refractivity contribution is 6.45. The summed E-state index contributed by atoms with van der Waals surface area (Å²) in [6.45, 7) is 2.27. The highest BCUT2D eigenvalue weighted by Gasteiger charge is 2.42. The van der Waals surface area contributed by atoms with Gasteiger partial charge in [0.2, 0.25) is 0 Å². The topological polar surface area (TPSA) is 135 Å². The van der Waals surface area contributed by atoms with Crippen LogP contribution in [-0.2, 0) is 28.7 Å². The second-order valence-electron chi connectivity index (χ2n) is 13.8. The van der Waals surface area contributed by atoms with Gasteiger partial charge in [0.15, 0.2) is 5.82 Å². The molecule has 5 heterocycles. The fourth-order valence-corrected chi connectivity index (χ4v) is 7.79. The van der Waals surface area contributed by atoms with Crippen LogP contribution in [0.1, 0.15) is 67.0 Å². The predicted octanol–water partition coefficient (Wildman–Crippen LogP) is 6.38. The summed E-state index contributed by atoms with van der Waals surface area (Å²) in [4.78, 5) is 31.8. The number of hydrogen-bond acceptors (Lipinski definition) is 10. The lowest BCUT2D eigenvalue weighted by Crippen LogP contribution is -2.36. The van der Waals surface area contributed by atoms with Gasteiger partial charge < -0.3 is 30.7 Å². The molecule has 4 N–H and O–H groups in total. The largest absolute Gasteiger partial charge is 0.467 e. The van der Waals surface area contributed by atoms with Crippen LogP contribution in [0.5, 0.6) is 6.01 Å². The highest BCUT2D eigenvalue weighted by atomic mass is 35.5. The molecule has 1 aromatic carbocycles. The maximum Gasteiger partial charge on any atom is 0.418 e. The molecule has 1 aromatic heterocycles. The van der Waals surface area contributed by atoms with Crippen LogP contribution >= 0.6 is 23.2 Å². The van der Waals surface area contributed by atoms with Crippen LogP contribution in [0.25, 0.3) is 0 Å². The van der Waals surface area contributed by atoms with Gasteiger partial charge in [-0.05, 0) is 51.1 Å². The Kier molecular flexibility index (Phi) is 11.9. The summed E-state index contributed by atoms with van der Waals surface area (Å²) in [6.07, 6.45) is -2.75. The Hall–Kier alpha value is -3.80. The fourth-order valence-electron chi connectivity index (χ4n) is 7.26. The Morgan fingerprint density at radius 3 is 2.50 bits per heavy atom. The van der Waals surface area contributed by atoms with E-state index in [9.17, 15) is 26.7 Å². The second kappa shape index (κ2) is 16.1. The van der Waals surface area contributed by atoms with Crippen molar-refractivity contribution in [3.05, 3.63) is 61.7 Å². The summed E-state index contributed by atoms with van der Waals surface area (Å²) < 4.78 is 92.4. The van der Waals surface area contributed by atoms with Gasteiger partial charge in [-0.3, -0.25) is 14.7 Å². The minimum atomic E-state index is -4.97. The molecule has 2 unspecified atom stereocenters. The number of nitrogen functional groups attached to an aromatic ring is 1. The number of aromatic nitrogens is 2. The van der Waals surface area contributed by atoms with E-state index in [-0.39, 0.29) is 42.4 Å². The minimum Gasteiger partial charge on any atom is -0.467 e. The molecule has 3 fully saturated rings. The minimum absolute atomic E-state index is 0.0318. The number of benzene rings is 1. The Labute approximate surface area is 317 Å². The number of anilines is 2. The zero-order valence-electron chi connectivity index (χ0n) is 29.6. The van der Waals surface area contributed by atoms with Gasteiger partial charge in [0, 0.05) is 61.9 Å². The van der Waals surface area contributed by atoms with E-state index < -0.39 is 51.9 Å². The van der Waals surface area contributed by atoms with Crippen LogP contribution in [0.3, 0.4) is 0 Å². The maximum atomic E-state index is 15.1. The van der Waals surface area contributed by atoms with Gasteiger partial charge in [0.25, 0.3) is 12.0 Å². The number of carbonyl (C=O) groups excluding carboxylic acids is 1. The molecule has 11 nitrogen and oxygen atoms in total. The van der Waals surface area contributed by atoms with E-state index in [1.165, 1.54) is 13.5 Å². The Morgan fingerprint density at radius 1 is 1.11 bits per heavy atom. The van der Waals surface area contributed by atoms with Crippen molar-refractivity contribution in [2.75, 3.05) is 57.5 Å². The quantitative estimate of drug-likeness (QED) is 0.194. The van der Waals surface area contributed by atoms with Gasteiger partial charge in [0.05, 0.1) is 59.1 Å². The number of fused-ring (bicyclic) bond motifs is 2. The van der Waals surface area contributed by atoms with Gasteiger partial charge in [-0.2, -0.15) is 31.9 Å². The van der Waals surface area contributed by atoms with E-state index in [2.05, 4.69) is 19.9 Å². The van der Waals surface area contributed by atoms with Crippen molar-refractivity contribution in [3.8, 4) is 6.01 Å². The number of carbonyl (C=O) groups is 1. The Balaban J connectivity index is 0.000000384. The monoisotopic (exact) mass is 804 g/mol. The molecule has 294 valence electrons. The van der Waals surface area contributed by atoms with E-state index in [1.807, 2.05) is 4.90 Å². The summed E-state index contributed by atoms with van der Waals surface area (Å²) in [5, 5.41) is -0.705. The number of aliphatic imine (C=N–C) groups is 1. The fraction of sp³-hybridized carbons (Fsp3) is 0.543. The number of rotatable bonds is 6. The third-order valence-corrected chi connectivity index (χ3v) is 11.0. The van der Waals surface area contributed by atoms with Gasteiger partial charge in [-0.15, -0.1) is 0 Å². The third-order valence-electron chi connectivity index (χ3n) is 10.2. The van der Waals surface area contributed by atoms with Crippen LogP contribution < -0.4 is 21.1 Å². The zero-order chi connectivity index (χ0) is 39.1. The number of amides is 1. The average Bonchev–Trinajstić information content (AvgIpc) is 3.83. The van der Waals surface area contributed by atoms with Crippen LogP contribution in [0.2, 0.25) is 5.02 Å². The number of alkyl halides is 3.